The summed E-state index contributed by atoms with van der Waals surface area (Å²) in [6.45, 7) is 0. The van der Waals surface area contributed by atoms with Crippen LogP contribution in [0.2, 0.25) is 0 Å². The molecule has 5 heteroatoms. The predicted octanol–water partition coefficient (Wildman–Crippen LogP) is 5.16. The second-order valence-corrected chi connectivity index (χ2v) is 6.62. The van der Waals surface area contributed by atoms with Crippen molar-refractivity contribution in [2.24, 2.45) is 0 Å². The van der Waals surface area contributed by atoms with Gasteiger partial charge < -0.3 is 14.4 Å². The number of hydrogen-bond acceptors (Lipinski definition) is 5. The summed E-state index contributed by atoms with van der Waals surface area (Å²) in [6.07, 6.45) is 3.52. The first-order chi connectivity index (χ1) is 13.6. The Morgan fingerprint density at radius 3 is 2.46 bits per heavy atom. The summed E-state index contributed by atoms with van der Waals surface area (Å²) in [5.41, 5.74) is 3.98. The summed E-state index contributed by atoms with van der Waals surface area (Å²) in [5.74, 6) is 2.11. The molecule has 0 spiro atoms. The molecule has 0 fully saturated rings. The van der Waals surface area contributed by atoms with Crippen molar-refractivity contribution in [1.82, 2.24) is 9.97 Å². The maximum absolute atomic E-state index is 6.18. The molecule has 0 amide bonds. The molecule has 0 bridgehead atoms. The minimum atomic E-state index is 0.547. The highest BCUT2D eigenvalue weighted by Crippen LogP contribution is 2.36. The lowest BCUT2D eigenvalue weighted by molar-refractivity contribution is 0.415. The van der Waals surface area contributed by atoms with E-state index < -0.39 is 0 Å². The van der Waals surface area contributed by atoms with Gasteiger partial charge in [0.2, 0.25) is 5.88 Å². The van der Waals surface area contributed by atoms with Gasteiger partial charge in [-0.3, -0.25) is 4.98 Å². The van der Waals surface area contributed by atoms with E-state index in [1.807, 2.05) is 68.7 Å². The molecular formula is C23H21N3O2. The van der Waals surface area contributed by atoms with Gasteiger partial charge in [-0.05, 0) is 48.0 Å². The van der Waals surface area contributed by atoms with Crippen LogP contribution in [0.3, 0.4) is 0 Å². The van der Waals surface area contributed by atoms with E-state index in [-0.39, 0.29) is 0 Å². The van der Waals surface area contributed by atoms with Crippen LogP contribution in [-0.4, -0.2) is 31.2 Å². The average Bonchev–Trinajstić information content (AvgIpc) is 2.74. The predicted molar refractivity (Wildman–Crippen MR) is 112 cm³/mol. The third kappa shape index (κ3) is 3.60. The van der Waals surface area contributed by atoms with Gasteiger partial charge in [-0.25, -0.2) is 4.98 Å². The number of methoxy groups -OCH3 is 1. The van der Waals surface area contributed by atoms with Crippen molar-refractivity contribution in [2.45, 2.75) is 0 Å². The van der Waals surface area contributed by atoms with Gasteiger partial charge in [0.15, 0.2) is 0 Å². The van der Waals surface area contributed by atoms with Crippen molar-refractivity contribution in [3.05, 3.63) is 73.1 Å². The van der Waals surface area contributed by atoms with Crippen molar-refractivity contribution in [3.63, 3.8) is 0 Å². The summed E-state index contributed by atoms with van der Waals surface area (Å²) in [7, 11) is 5.70. The van der Waals surface area contributed by atoms with E-state index in [1.165, 1.54) is 0 Å². The second kappa shape index (κ2) is 7.56. The minimum Gasteiger partial charge on any atom is -0.497 e. The number of fused-ring (bicyclic) bond motifs is 1. The molecule has 0 aliphatic heterocycles. The van der Waals surface area contributed by atoms with Gasteiger partial charge in [-0.2, -0.15) is 0 Å². The number of ether oxygens (including phenoxy) is 2. The molecular weight excluding hydrogens is 350 g/mol. The zero-order chi connectivity index (χ0) is 19.5. The fraction of sp³-hybridized carbons (Fsp3) is 0.130. The van der Waals surface area contributed by atoms with E-state index in [0.29, 0.717) is 5.88 Å². The Balaban J connectivity index is 1.76. The molecule has 0 unspecified atom stereocenters. The first-order valence-electron chi connectivity index (χ1n) is 8.98. The van der Waals surface area contributed by atoms with Crippen LogP contribution in [0.5, 0.6) is 17.4 Å². The van der Waals surface area contributed by atoms with E-state index in [4.69, 9.17) is 9.47 Å². The Morgan fingerprint density at radius 1 is 0.893 bits per heavy atom. The number of hydrogen-bond donors (Lipinski definition) is 0. The number of pyridine rings is 2. The molecule has 0 atom stereocenters. The molecule has 0 aliphatic carbocycles. The van der Waals surface area contributed by atoms with Crippen LogP contribution < -0.4 is 14.4 Å². The van der Waals surface area contributed by atoms with E-state index in [2.05, 4.69) is 20.9 Å². The molecule has 0 radical (unpaired) electrons. The van der Waals surface area contributed by atoms with Gasteiger partial charge in [0.05, 0.1) is 12.6 Å². The standard InChI is InChI=1S/C23H21N3O2/c1-26(2)18-7-10-22(20(14-18)16-4-8-19(27-3)9-5-16)28-23-11-6-17-15-24-13-12-21(17)25-23/h4-15H,1-3H3. The zero-order valence-corrected chi connectivity index (χ0v) is 16.1. The zero-order valence-electron chi connectivity index (χ0n) is 16.1. The third-order valence-corrected chi connectivity index (χ3v) is 4.56. The maximum atomic E-state index is 6.18. The number of anilines is 1. The highest BCUT2D eigenvalue weighted by molar-refractivity contribution is 5.78. The smallest absolute Gasteiger partial charge is 0.219 e. The Morgan fingerprint density at radius 2 is 1.71 bits per heavy atom. The topological polar surface area (TPSA) is 47.5 Å². The van der Waals surface area contributed by atoms with Crippen LogP contribution >= 0.6 is 0 Å². The van der Waals surface area contributed by atoms with Crippen LogP contribution in [-0.2, 0) is 0 Å². The summed E-state index contributed by atoms with van der Waals surface area (Å²) < 4.78 is 11.5. The van der Waals surface area contributed by atoms with E-state index in [1.54, 1.807) is 19.5 Å². The van der Waals surface area contributed by atoms with E-state index in [0.717, 1.165) is 39.2 Å². The molecule has 4 rings (SSSR count). The molecule has 140 valence electrons. The highest BCUT2D eigenvalue weighted by Gasteiger charge is 2.11. The van der Waals surface area contributed by atoms with Crippen molar-refractivity contribution < 1.29 is 9.47 Å². The van der Waals surface area contributed by atoms with Crippen molar-refractivity contribution >= 4 is 16.6 Å². The Bertz CT molecular complexity index is 1110. The second-order valence-electron chi connectivity index (χ2n) is 6.62. The summed E-state index contributed by atoms with van der Waals surface area (Å²) in [5, 5.41) is 0.980. The first kappa shape index (κ1) is 17.8. The number of nitrogens with zero attached hydrogens (tertiary/aromatic N) is 3. The minimum absolute atomic E-state index is 0.547. The Labute approximate surface area is 164 Å². The molecule has 0 saturated heterocycles. The van der Waals surface area contributed by atoms with Gasteiger partial charge in [0.25, 0.3) is 0 Å². The van der Waals surface area contributed by atoms with E-state index >= 15 is 0 Å². The fourth-order valence-electron chi connectivity index (χ4n) is 3.00. The first-order valence-corrected chi connectivity index (χ1v) is 8.98. The molecule has 5 nitrogen and oxygen atoms in total. The van der Waals surface area contributed by atoms with Crippen molar-refractivity contribution in [1.29, 1.82) is 0 Å². The summed E-state index contributed by atoms with van der Waals surface area (Å²) >= 11 is 0. The van der Waals surface area contributed by atoms with Crippen LogP contribution in [0, 0.1) is 0 Å². The quantitative estimate of drug-likeness (QED) is 0.485. The molecule has 28 heavy (non-hydrogen) atoms. The molecule has 4 aromatic rings. The normalized spacial score (nSPS) is 10.7. The number of benzene rings is 2. The van der Waals surface area contributed by atoms with Gasteiger partial charge in [0.1, 0.15) is 11.5 Å². The lowest BCUT2D eigenvalue weighted by Gasteiger charge is -2.17. The van der Waals surface area contributed by atoms with Crippen molar-refractivity contribution in [2.75, 3.05) is 26.1 Å². The van der Waals surface area contributed by atoms with Crippen LogP contribution in [0.15, 0.2) is 73.1 Å². The monoisotopic (exact) mass is 371 g/mol. The van der Waals surface area contributed by atoms with Crippen LogP contribution in [0.1, 0.15) is 0 Å². The largest absolute Gasteiger partial charge is 0.497 e. The fourth-order valence-corrected chi connectivity index (χ4v) is 3.00. The lowest BCUT2D eigenvalue weighted by Crippen LogP contribution is -2.08. The average molecular weight is 371 g/mol. The summed E-state index contributed by atoms with van der Waals surface area (Å²) in [6, 6.07) is 19.8. The Hall–Kier alpha value is -3.60. The molecule has 0 aliphatic rings. The molecule has 2 aromatic heterocycles. The lowest BCUT2D eigenvalue weighted by atomic mass is 10.0. The number of aromatic nitrogens is 2. The van der Waals surface area contributed by atoms with Gasteiger partial charge in [0, 0.05) is 49.2 Å². The van der Waals surface area contributed by atoms with Gasteiger partial charge in [-0.1, -0.05) is 12.1 Å². The van der Waals surface area contributed by atoms with Crippen LogP contribution in [0.4, 0.5) is 5.69 Å². The summed E-state index contributed by atoms with van der Waals surface area (Å²) in [4.78, 5) is 10.8. The molecule has 2 heterocycles. The third-order valence-electron chi connectivity index (χ3n) is 4.56. The van der Waals surface area contributed by atoms with E-state index in [9.17, 15) is 0 Å². The van der Waals surface area contributed by atoms with Gasteiger partial charge >= 0.3 is 0 Å². The van der Waals surface area contributed by atoms with Crippen LogP contribution in [0.25, 0.3) is 22.0 Å². The highest BCUT2D eigenvalue weighted by atomic mass is 16.5. The number of rotatable bonds is 5. The SMILES string of the molecule is COc1ccc(-c2cc(N(C)C)ccc2Oc2ccc3cnccc3n2)cc1. The Kier molecular flexibility index (Phi) is 4.81. The molecule has 2 aromatic carbocycles. The van der Waals surface area contributed by atoms with Crippen molar-refractivity contribution in [3.8, 4) is 28.5 Å². The van der Waals surface area contributed by atoms with Gasteiger partial charge in [-0.15, -0.1) is 0 Å². The molecule has 0 N–H and O–H groups in total. The maximum Gasteiger partial charge on any atom is 0.219 e. The molecule has 0 saturated carbocycles.